The average Bonchev–Trinajstić information content (AvgIpc) is 2.34. The number of aryl methyl sites for hydroxylation is 1. The van der Waals surface area contributed by atoms with Crippen LogP contribution in [-0.2, 0) is 0 Å². The van der Waals surface area contributed by atoms with Gasteiger partial charge in [0.05, 0.1) is 5.54 Å². The van der Waals surface area contributed by atoms with Crippen LogP contribution < -0.4 is 11.1 Å². The molecular weight excluding hydrogens is 240 g/mol. The molecule has 18 heavy (non-hydrogen) atoms. The largest absolute Gasteiger partial charge is 0.377 e. The molecule has 0 aromatic heterocycles. The van der Waals surface area contributed by atoms with Crippen LogP contribution in [0.4, 0.5) is 5.69 Å². The first-order chi connectivity index (χ1) is 8.49. The van der Waals surface area contributed by atoms with E-state index < -0.39 is 0 Å². The SMILES string of the molecule is Cc1ccc(NC2(CN)CSCCC2(C)C)cc1. The molecule has 0 amide bonds. The maximum Gasteiger partial charge on any atom is 0.0636 e. The summed E-state index contributed by atoms with van der Waals surface area (Å²) in [5.41, 5.74) is 8.83. The van der Waals surface area contributed by atoms with Gasteiger partial charge >= 0.3 is 0 Å². The van der Waals surface area contributed by atoms with Gasteiger partial charge in [0.1, 0.15) is 0 Å². The Balaban J connectivity index is 2.24. The standard InChI is InChI=1S/C15H24N2S/c1-12-4-6-13(7-5-12)17-15(10-16)11-18-9-8-14(15,2)3/h4-7,17H,8-11,16H2,1-3H3. The molecule has 3 heteroatoms. The van der Waals surface area contributed by atoms with Crippen LogP contribution in [0.25, 0.3) is 0 Å². The number of hydrogen-bond donors (Lipinski definition) is 2. The first kappa shape index (κ1) is 13.8. The van der Waals surface area contributed by atoms with Crippen molar-refractivity contribution >= 4 is 17.4 Å². The lowest BCUT2D eigenvalue weighted by Gasteiger charge is -2.50. The fourth-order valence-electron chi connectivity index (χ4n) is 2.51. The third kappa shape index (κ3) is 2.52. The fourth-order valence-corrected chi connectivity index (χ4v) is 4.24. The summed E-state index contributed by atoms with van der Waals surface area (Å²) in [5.74, 6) is 2.33. The van der Waals surface area contributed by atoms with Crippen molar-refractivity contribution in [3.05, 3.63) is 29.8 Å². The first-order valence-corrected chi connectivity index (χ1v) is 7.77. The second-order valence-corrected chi connectivity index (χ2v) is 7.07. The van der Waals surface area contributed by atoms with E-state index in [1.807, 2.05) is 11.8 Å². The van der Waals surface area contributed by atoms with Gasteiger partial charge in [-0.25, -0.2) is 0 Å². The van der Waals surface area contributed by atoms with E-state index >= 15 is 0 Å². The van der Waals surface area contributed by atoms with Crippen LogP contribution in [0.1, 0.15) is 25.8 Å². The second-order valence-electron chi connectivity index (χ2n) is 5.96. The van der Waals surface area contributed by atoms with Gasteiger partial charge in [0.2, 0.25) is 0 Å². The zero-order valence-electron chi connectivity index (χ0n) is 11.6. The molecule has 0 aliphatic carbocycles. The third-order valence-electron chi connectivity index (χ3n) is 4.30. The number of anilines is 1. The van der Waals surface area contributed by atoms with Crippen LogP contribution >= 0.6 is 11.8 Å². The minimum Gasteiger partial charge on any atom is -0.377 e. The molecule has 1 aliphatic rings. The molecule has 1 aliphatic heterocycles. The minimum absolute atomic E-state index is 0.00513. The van der Waals surface area contributed by atoms with Crippen molar-refractivity contribution in [1.82, 2.24) is 0 Å². The molecule has 0 bridgehead atoms. The highest BCUT2D eigenvalue weighted by molar-refractivity contribution is 7.99. The van der Waals surface area contributed by atoms with Crippen molar-refractivity contribution in [1.29, 1.82) is 0 Å². The molecule has 1 aromatic rings. The van der Waals surface area contributed by atoms with Gasteiger partial charge in [-0.2, -0.15) is 11.8 Å². The molecular formula is C15H24N2S. The third-order valence-corrected chi connectivity index (χ3v) is 5.49. The van der Waals surface area contributed by atoms with E-state index in [0.29, 0.717) is 6.54 Å². The van der Waals surface area contributed by atoms with Crippen molar-refractivity contribution in [2.75, 3.05) is 23.4 Å². The number of nitrogens with one attached hydrogen (secondary N) is 1. The summed E-state index contributed by atoms with van der Waals surface area (Å²) in [4.78, 5) is 0. The Morgan fingerprint density at radius 2 is 1.94 bits per heavy atom. The monoisotopic (exact) mass is 264 g/mol. The summed E-state index contributed by atoms with van der Waals surface area (Å²) in [6, 6.07) is 8.61. The highest BCUT2D eigenvalue weighted by Gasteiger charge is 2.46. The lowest BCUT2D eigenvalue weighted by atomic mass is 9.70. The highest BCUT2D eigenvalue weighted by Crippen LogP contribution is 2.43. The Morgan fingerprint density at radius 3 is 2.50 bits per heavy atom. The molecule has 1 heterocycles. The number of benzene rings is 1. The van der Waals surface area contributed by atoms with Crippen molar-refractivity contribution in [2.45, 2.75) is 32.7 Å². The predicted molar refractivity (Wildman–Crippen MR) is 82.3 cm³/mol. The topological polar surface area (TPSA) is 38.0 Å². The maximum absolute atomic E-state index is 6.12. The molecule has 0 saturated carbocycles. The Morgan fingerprint density at radius 1 is 1.28 bits per heavy atom. The van der Waals surface area contributed by atoms with Gasteiger partial charge in [-0.15, -0.1) is 0 Å². The van der Waals surface area contributed by atoms with Gasteiger partial charge < -0.3 is 11.1 Å². The number of thioether (sulfide) groups is 1. The van der Waals surface area contributed by atoms with Crippen LogP contribution in [0.5, 0.6) is 0 Å². The molecule has 1 aromatic carbocycles. The smallest absolute Gasteiger partial charge is 0.0636 e. The van der Waals surface area contributed by atoms with Gasteiger partial charge in [-0.3, -0.25) is 0 Å². The number of hydrogen-bond acceptors (Lipinski definition) is 3. The summed E-state index contributed by atoms with van der Waals surface area (Å²) in [6.07, 6.45) is 1.22. The van der Waals surface area contributed by atoms with E-state index in [1.165, 1.54) is 23.4 Å². The first-order valence-electron chi connectivity index (χ1n) is 6.62. The van der Waals surface area contributed by atoms with Crippen LogP contribution in [0.15, 0.2) is 24.3 Å². The fraction of sp³-hybridized carbons (Fsp3) is 0.600. The summed E-state index contributed by atoms with van der Waals surface area (Å²) in [6.45, 7) is 7.46. The van der Waals surface area contributed by atoms with E-state index in [1.54, 1.807) is 0 Å². The Bertz CT molecular complexity index is 399. The maximum atomic E-state index is 6.12. The highest BCUT2D eigenvalue weighted by atomic mass is 32.2. The normalized spacial score (nSPS) is 26.9. The average molecular weight is 264 g/mol. The summed E-state index contributed by atoms with van der Waals surface area (Å²) in [7, 11) is 0. The van der Waals surface area contributed by atoms with Crippen LogP contribution in [0, 0.1) is 12.3 Å². The number of nitrogens with two attached hydrogens (primary N) is 1. The van der Waals surface area contributed by atoms with Crippen LogP contribution in [0.2, 0.25) is 0 Å². The Hall–Kier alpha value is -0.670. The van der Waals surface area contributed by atoms with Crippen molar-refractivity contribution in [3.8, 4) is 0 Å². The van der Waals surface area contributed by atoms with E-state index in [-0.39, 0.29) is 11.0 Å². The predicted octanol–water partition coefficient (Wildman–Crippen LogP) is 3.27. The van der Waals surface area contributed by atoms with Gasteiger partial charge in [-0.05, 0) is 36.6 Å². The van der Waals surface area contributed by atoms with E-state index in [2.05, 4.69) is 50.4 Å². The minimum atomic E-state index is 0.00513. The summed E-state index contributed by atoms with van der Waals surface area (Å²) >= 11 is 2.01. The molecule has 3 N–H and O–H groups in total. The molecule has 2 rings (SSSR count). The van der Waals surface area contributed by atoms with Crippen LogP contribution in [-0.4, -0.2) is 23.6 Å². The molecule has 1 saturated heterocycles. The van der Waals surface area contributed by atoms with Gasteiger partial charge in [0, 0.05) is 18.0 Å². The van der Waals surface area contributed by atoms with E-state index in [4.69, 9.17) is 5.73 Å². The van der Waals surface area contributed by atoms with Crippen molar-refractivity contribution < 1.29 is 0 Å². The lowest BCUT2D eigenvalue weighted by Crippen LogP contribution is -2.60. The van der Waals surface area contributed by atoms with Gasteiger partial charge in [-0.1, -0.05) is 31.5 Å². The quantitative estimate of drug-likeness (QED) is 0.880. The zero-order chi connectivity index (χ0) is 13.2. The number of rotatable bonds is 3. The summed E-state index contributed by atoms with van der Waals surface area (Å²) < 4.78 is 0. The van der Waals surface area contributed by atoms with Crippen LogP contribution in [0.3, 0.4) is 0 Å². The Kier molecular flexibility index (Phi) is 3.93. The summed E-state index contributed by atoms with van der Waals surface area (Å²) in [5, 5.41) is 3.72. The molecule has 2 nitrogen and oxygen atoms in total. The zero-order valence-corrected chi connectivity index (χ0v) is 12.4. The van der Waals surface area contributed by atoms with E-state index in [0.717, 1.165) is 5.75 Å². The van der Waals surface area contributed by atoms with Crippen molar-refractivity contribution in [3.63, 3.8) is 0 Å². The molecule has 1 fully saturated rings. The van der Waals surface area contributed by atoms with Gasteiger partial charge in [0.15, 0.2) is 0 Å². The second kappa shape index (κ2) is 5.14. The molecule has 0 radical (unpaired) electrons. The lowest BCUT2D eigenvalue weighted by molar-refractivity contribution is 0.203. The molecule has 0 spiro atoms. The molecule has 100 valence electrons. The molecule has 1 unspecified atom stereocenters. The Labute approximate surface area is 115 Å². The molecule has 1 atom stereocenters. The van der Waals surface area contributed by atoms with E-state index in [9.17, 15) is 0 Å². The van der Waals surface area contributed by atoms with Crippen molar-refractivity contribution in [2.24, 2.45) is 11.1 Å². The van der Waals surface area contributed by atoms with Gasteiger partial charge in [0.25, 0.3) is 0 Å².